The van der Waals surface area contributed by atoms with Crippen LogP contribution in [0.2, 0.25) is 0 Å². The zero-order chi connectivity index (χ0) is 39.2. The molecule has 0 aliphatic heterocycles. The van der Waals surface area contributed by atoms with Gasteiger partial charge in [-0.2, -0.15) is 0 Å². The van der Waals surface area contributed by atoms with Crippen LogP contribution in [0.25, 0.3) is 0 Å². The molecule has 0 unspecified atom stereocenters. The number of methoxy groups -OCH3 is 2. The van der Waals surface area contributed by atoms with Crippen LogP contribution in [0.1, 0.15) is 66.0 Å². The summed E-state index contributed by atoms with van der Waals surface area (Å²) >= 11 is 3.57. The van der Waals surface area contributed by atoms with Gasteiger partial charge in [-0.15, -0.1) is 23.5 Å². The van der Waals surface area contributed by atoms with E-state index in [1.54, 1.807) is 37.7 Å². The van der Waals surface area contributed by atoms with Crippen molar-refractivity contribution in [2.45, 2.75) is 42.1 Å². The number of hydrogen-bond donors (Lipinski definition) is 0. The van der Waals surface area contributed by atoms with E-state index in [1.807, 2.05) is 55.5 Å². The third-order valence-electron chi connectivity index (χ3n) is 10.3. The molecule has 0 amide bonds. The Kier molecular flexibility index (Phi) is 14.3. The van der Waals surface area contributed by atoms with E-state index in [0.717, 1.165) is 44.9 Å². The monoisotopic (exact) mass is 778 g/mol. The Hall–Kier alpha value is -5.04. The van der Waals surface area contributed by atoms with Crippen molar-refractivity contribution < 1.29 is 19.1 Å². The fourth-order valence-electron chi connectivity index (χ4n) is 7.53. The Morgan fingerprint density at radius 3 is 0.982 bits per heavy atom. The minimum Gasteiger partial charge on any atom is -0.497 e. The number of ether oxygens (including phenoxy) is 2. The van der Waals surface area contributed by atoms with E-state index >= 15 is 0 Å². The first-order chi connectivity index (χ1) is 27.4. The summed E-state index contributed by atoms with van der Waals surface area (Å²) in [6.07, 6.45) is 1.62. The van der Waals surface area contributed by atoms with Gasteiger partial charge in [0.25, 0.3) is 0 Å². The molecular weight excluding hydrogens is 729 g/mol. The maximum Gasteiger partial charge on any atom is 0.134 e. The summed E-state index contributed by atoms with van der Waals surface area (Å²) in [5, 5.41) is 0. The molecule has 6 aromatic carbocycles. The van der Waals surface area contributed by atoms with E-state index in [0.29, 0.717) is 37.2 Å². The molecule has 0 spiro atoms. The maximum atomic E-state index is 13.5. The highest BCUT2D eigenvalue weighted by Crippen LogP contribution is 2.50. The summed E-state index contributed by atoms with van der Waals surface area (Å²) in [5.41, 5.74) is 6.87. The van der Waals surface area contributed by atoms with Crippen molar-refractivity contribution in [2.24, 2.45) is 5.92 Å². The number of hydrogen-bond acceptors (Lipinski definition) is 6. The van der Waals surface area contributed by atoms with Crippen LogP contribution in [0.5, 0.6) is 11.5 Å². The normalized spacial score (nSPS) is 11.6. The fraction of sp³-hybridized carbons (Fsp3) is 0.240. The van der Waals surface area contributed by atoms with E-state index in [1.165, 1.54) is 0 Å². The Morgan fingerprint density at radius 1 is 0.446 bits per heavy atom. The lowest BCUT2D eigenvalue weighted by Crippen LogP contribution is -2.26. The van der Waals surface area contributed by atoms with E-state index in [-0.39, 0.29) is 17.5 Å². The zero-order valence-electron chi connectivity index (χ0n) is 32.4. The smallest absolute Gasteiger partial charge is 0.134 e. The lowest BCUT2D eigenvalue weighted by Gasteiger charge is -2.35. The largest absolute Gasteiger partial charge is 0.497 e. The van der Waals surface area contributed by atoms with Gasteiger partial charge in [0.2, 0.25) is 0 Å². The van der Waals surface area contributed by atoms with Gasteiger partial charge in [-0.3, -0.25) is 9.59 Å². The number of benzene rings is 6. The number of carbonyl (C=O) groups excluding carboxylic acids is 2. The Labute approximate surface area is 341 Å². The minimum atomic E-state index is -0.519. The lowest BCUT2D eigenvalue weighted by atomic mass is 9.84. The van der Waals surface area contributed by atoms with Crippen LogP contribution in [0.4, 0.5) is 0 Å². The third kappa shape index (κ3) is 9.49. The van der Waals surface area contributed by atoms with E-state index < -0.39 is 9.49 Å². The van der Waals surface area contributed by atoms with Gasteiger partial charge in [-0.05, 0) is 63.6 Å². The highest BCUT2D eigenvalue weighted by atomic mass is 32.2. The maximum absolute atomic E-state index is 13.5. The molecule has 0 aromatic heterocycles. The van der Waals surface area contributed by atoms with Crippen molar-refractivity contribution in [1.29, 1.82) is 0 Å². The molecule has 0 atom stereocenters. The molecule has 0 bridgehead atoms. The first-order valence-electron chi connectivity index (χ1n) is 19.2. The number of carbonyl (C=O) groups is 2. The van der Waals surface area contributed by atoms with Crippen LogP contribution in [0.15, 0.2) is 170 Å². The van der Waals surface area contributed by atoms with Crippen LogP contribution >= 0.6 is 23.5 Å². The van der Waals surface area contributed by atoms with E-state index in [4.69, 9.17) is 9.47 Å². The van der Waals surface area contributed by atoms with Gasteiger partial charge in [-0.25, -0.2) is 0 Å². The average Bonchev–Trinajstić information content (AvgIpc) is 3.25. The number of Topliss-reactive ketones (excluding diaryl/α,β-unsaturated/α-hetero) is 2. The van der Waals surface area contributed by atoms with Gasteiger partial charge < -0.3 is 9.47 Å². The quantitative estimate of drug-likeness (QED) is 0.0720. The molecule has 6 rings (SSSR count). The van der Waals surface area contributed by atoms with Crippen molar-refractivity contribution in [2.75, 3.05) is 25.7 Å². The van der Waals surface area contributed by atoms with Crippen molar-refractivity contribution in [3.8, 4) is 11.5 Å². The summed E-state index contributed by atoms with van der Waals surface area (Å²) < 4.78 is 9.94. The average molecular weight is 779 g/mol. The summed E-state index contributed by atoms with van der Waals surface area (Å²) in [6, 6.07) is 58.5. The number of ketones is 2. The summed E-state index contributed by atoms with van der Waals surface area (Å²) in [4.78, 5) is 27.0. The van der Waals surface area contributed by atoms with Gasteiger partial charge in [-0.1, -0.05) is 153 Å². The highest BCUT2D eigenvalue weighted by Gasteiger charge is 2.38. The van der Waals surface area contributed by atoms with Crippen LogP contribution < -0.4 is 9.47 Å². The zero-order valence-corrected chi connectivity index (χ0v) is 34.1. The van der Waals surface area contributed by atoms with Crippen LogP contribution in [0.3, 0.4) is 0 Å². The Balaban J connectivity index is 1.11. The van der Waals surface area contributed by atoms with Crippen LogP contribution in [0, 0.1) is 5.92 Å². The number of thioether (sulfide) groups is 2. The molecular formula is C50H50O4S2. The van der Waals surface area contributed by atoms with Gasteiger partial charge in [0.15, 0.2) is 0 Å². The molecule has 6 aromatic rings. The molecule has 286 valence electrons. The molecule has 0 N–H and O–H groups in total. The highest BCUT2D eigenvalue weighted by molar-refractivity contribution is 8.00. The van der Waals surface area contributed by atoms with E-state index in [2.05, 4.69) is 121 Å². The van der Waals surface area contributed by atoms with Gasteiger partial charge >= 0.3 is 0 Å². The molecule has 4 nitrogen and oxygen atoms in total. The molecule has 6 heteroatoms. The van der Waals surface area contributed by atoms with Crippen molar-refractivity contribution >= 4 is 35.1 Å². The lowest BCUT2D eigenvalue weighted by molar-refractivity contribution is -0.121. The van der Waals surface area contributed by atoms with Gasteiger partial charge in [0.1, 0.15) is 23.1 Å². The molecule has 0 aliphatic carbocycles. The van der Waals surface area contributed by atoms with Gasteiger partial charge in [0, 0.05) is 37.2 Å². The molecule has 0 aliphatic rings. The van der Waals surface area contributed by atoms with E-state index in [9.17, 15) is 9.59 Å². The molecule has 56 heavy (non-hydrogen) atoms. The third-order valence-corrected chi connectivity index (χ3v) is 13.4. The topological polar surface area (TPSA) is 52.6 Å². The molecule has 0 saturated heterocycles. The Morgan fingerprint density at radius 2 is 0.714 bits per heavy atom. The van der Waals surface area contributed by atoms with Crippen LogP contribution in [-0.2, 0) is 19.1 Å². The predicted molar refractivity (Wildman–Crippen MR) is 234 cm³/mol. The molecule has 0 radical (unpaired) electrons. The predicted octanol–water partition coefficient (Wildman–Crippen LogP) is 11.8. The standard InChI is InChI=1S/C50H50O4S2/c1-38(36-45(51)32-34-55-49(39-16-8-4-9-17-39,40-18-10-5-11-19-40)43-24-28-47(53-2)29-25-43)37-46(52)33-35-56-50(41-20-12-6-13-21-41,42-22-14-7-15-23-42)44-26-30-48(54-3)31-27-44/h4-31,38H,32-37H2,1-3H3. The minimum absolute atomic E-state index is 0.0332. The number of rotatable bonds is 20. The molecule has 0 heterocycles. The second-order valence-electron chi connectivity index (χ2n) is 14.1. The summed E-state index contributed by atoms with van der Waals surface area (Å²) in [7, 11) is 3.36. The van der Waals surface area contributed by atoms with Crippen molar-refractivity contribution in [3.05, 3.63) is 203 Å². The van der Waals surface area contributed by atoms with Gasteiger partial charge in [0.05, 0.1) is 23.7 Å². The summed E-state index contributed by atoms with van der Waals surface area (Å²) in [5.74, 6) is 3.21. The second kappa shape index (κ2) is 19.7. The SMILES string of the molecule is COc1ccc(C(SCCC(=O)CC(C)CC(=O)CCSC(c2ccccc2)(c2ccccc2)c2ccc(OC)cc2)(c2ccccc2)c2ccccc2)cc1. The first-order valence-corrected chi connectivity index (χ1v) is 21.2. The Bertz CT molecular complexity index is 1870. The molecule has 0 fully saturated rings. The van der Waals surface area contributed by atoms with Crippen molar-refractivity contribution in [3.63, 3.8) is 0 Å². The molecule has 0 saturated carbocycles. The summed E-state index contributed by atoms with van der Waals surface area (Å²) in [6.45, 7) is 2.03. The van der Waals surface area contributed by atoms with Crippen LogP contribution in [-0.4, -0.2) is 37.3 Å². The fourth-order valence-corrected chi connectivity index (χ4v) is 10.6. The second-order valence-corrected chi connectivity index (χ2v) is 16.7. The first kappa shape index (κ1) is 40.6. The van der Waals surface area contributed by atoms with Crippen molar-refractivity contribution in [1.82, 2.24) is 0 Å².